The summed E-state index contributed by atoms with van der Waals surface area (Å²) >= 11 is 6.32. The van der Waals surface area contributed by atoms with E-state index in [4.69, 9.17) is 17.3 Å². The topological polar surface area (TPSA) is 29.3 Å². The molecule has 2 rings (SSSR count). The molecule has 100 valence electrons. The zero-order chi connectivity index (χ0) is 13.8. The Bertz CT molecular complexity index is 538. The van der Waals surface area contributed by atoms with E-state index >= 15 is 0 Å². The van der Waals surface area contributed by atoms with Crippen molar-refractivity contribution in [2.75, 3.05) is 11.9 Å². The Balaban J connectivity index is 2.41. The summed E-state index contributed by atoms with van der Waals surface area (Å²) in [6.07, 6.45) is 0.770. The zero-order valence-electron chi connectivity index (χ0n) is 11.3. The number of para-hydroxylation sites is 1. The fourth-order valence-corrected chi connectivity index (χ4v) is 2.42. The van der Waals surface area contributed by atoms with Gasteiger partial charge in [0, 0.05) is 29.5 Å². The molecule has 0 aliphatic carbocycles. The van der Waals surface area contributed by atoms with Crippen LogP contribution < -0.4 is 10.6 Å². The molecule has 2 aromatic rings. The highest BCUT2D eigenvalue weighted by atomic mass is 35.5. The van der Waals surface area contributed by atoms with Crippen LogP contribution in [0.5, 0.6) is 0 Å². The smallest absolute Gasteiger partial charge is 0.0459 e. The Morgan fingerprint density at radius 1 is 1.11 bits per heavy atom. The van der Waals surface area contributed by atoms with E-state index in [9.17, 15) is 0 Å². The zero-order valence-corrected chi connectivity index (χ0v) is 12.1. The lowest BCUT2D eigenvalue weighted by atomic mass is 10.0. The lowest BCUT2D eigenvalue weighted by Crippen LogP contribution is -2.20. The lowest BCUT2D eigenvalue weighted by molar-refractivity contribution is 0.737. The fourth-order valence-electron chi connectivity index (χ4n) is 2.18. The minimum Gasteiger partial charge on any atom is -0.344 e. The van der Waals surface area contributed by atoms with Gasteiger partial charge >= 0.3 is 0 Å². The van der Waals surface area contributed by atoms with E-state index in [1.165, 1.54) is 0 Å². The second kappa shape index (κ2) is 6.09. The van der Waals surface area contributed by atoms with E-state index in [1.54, 1.807) is 0 Å². The maximum absolute atomic E-state index is 6.32. The van der Waals surface area contributed by atoms with Crippen LogP contribution in [-0.4, -0.2) is 13.1 Å². The molecule has 0 aromatic heterocycles. The van der Waals surface area contributed by atoms with Crippen molar-refractivity contribution in [3.63, 3.8) is 0 Å². The average Bonchev–Trinajstić information content (AvgIpc) is 2.41. The molecule has 19 heavy (non-hydrogen) atoms. The van der Waals surface area contributed by atoms with E-state index in [2.05, 4.69) is 23.1 Å². The summed E-state index contributed by atoms with van der Waals surface area (Å²) in [5, 5.41) is 0.776. The van der Waals surface area contributed by atoms with Crippen LogP contribution in [0.3, 0.4) is 0 Å². The fraction of sp³-hybridized carbons (Fsp3) is 0.250. The monoisotopic (exact) mass is 274 g/mol. The van der Waals surface area contributed by atoms with E-state index in [-0.39, 0.29) is 6.04 Å². The summed E-state index contributed by atoms with van der Waals surface area (Å²) in [6.45, 7) is 2.00. The molecule has 2 N–H and O–H groups in total. The largest absolute Gasteiger partial charge is 0.344 e. The van der Waals surface area contributed by atoms with Crippen LogP contribution in [0.4, 0.5) is 11.4 Å². The highest BCUT2D eigenvalue weighted by molar-refractivity contribution is 6.31. The van der Waals surface area contributed by atoms with Crippen LogP contribution in [-0.2, 0) is 6.42 Å². The summed E-state index contributed by atoms with van der Waals surface area (Å²) in [5.41, 5.74) is 9.27. The maximum atomic E-state index is 6.32. The molecule has 0 saturated heterocycles. The molecule has 2 aromatic carbocycles. The second-order valence-corrected chi connectivity index (χ2v) is 5.22. The minimum absolute atomic E-state index is 0.0859. The van der Waals surface area contributed by atoms with Gasteiger partial charge < -0.3 is 10.6 Å². The number of anilines is 2. The first-order chi connectivity index (χ1) is 9.09. The van der Waals surface area contributed by atoms with Crippen molar-refractivity contribution in [2.24, 2.45) is 5.73 Å². The highest BCUT2D eigenvalue weighted by Gasteiger charge is 2.13. The Morgan fingerprint density at radius 3 is 2.42 bits per heavy atom. The molecule has 0 heterocycles. The summed E-state index contributed by atoms with van der Waals surface area (Å²) in [7, 11) is 2.05. The van der Waals surface area contributed by atoms with Crippen molar-refractivity contribution in [3.8, 4) is 0 Å². The standard InChI is InChI=1S/C16H19ClN2/c1-12(18)11-14-15(17)9-6-10-16(14)19(2)13-7-4-3-5-8-13/h3-10,12H,11,18H2,1-2H3. The van der Waals surface area contributed by atoms with Gasteiger partial charge in [-0.05, 0) is 43.2 Å². The molecular weight excluding hydrogens is 256 g/mol. The van der Waals surface area contributed by atoms with Crippen LogP contribution in [0.2, 0.25) is 5.02 Å². The number of nitrogens with two attached hydrogens (primary N) is 1. The van der Waals surface area contributed by atoms with Crippen LogP contribution in [0.15, 0.2) is 48.5 Å². The molecule has 0 aliphatic heterocycles. The van der Waals surface area contributed by atoms with E-state index in [0.29, 0.717) is 0 Å². The van der Waals surface area contributed by atoms with Crippen molar-refractivity contribution >= 4 is 23.0 Å². The van der Waals surface area contributed by atoms with Gasteiger partial charge in [0.1, 0.15) is 0 Å². The molecule has 0 amide bonds. The van der Waals surface area contributed by atoms with Crippen LogP contribution in [0, 0.1) is 0 Å². The summed E-state index contributed by atoms with van der Waals surface area (Å²) in [4.78, 5) is 2.14. The number of rotatable bonds is 4. The first-order valence-corrected chi connectivity index (χ1v) is 6.79. The van der Waals surface area contributed by atoms with Crippen molar-refractivity contribution in [1.29, 1.82) is 0 Å². The normalized spacial score (nSPS) is 12.2. The SMILES string of the molecule is CC(N)Cc1c(Cl)cccc1N(C)c1ccccc1. The van der Waals surface area contributed by atoms with Gasteiger partial charge in [0.15, 0.2) is 0 Å². The molecule has 1 unspecified atom stereocenters. The van der Waals surface area contributed by atoms with Gasteiger partial charge in [-0.25, -0.2) is 0 Å². The number of hydrogen-bond acceptors (Lipinski definition) is 2. The third kappa shape index (κ3) is 3.28. The Labute approximate surface area is 119 Å². The van der Waals surface area contributed by atoms with Crippen LogP contribution in [0.25, 0.3) is 0 Å². The minimum atomic E-state index is 0.0859. The molecule has 1 atom stereocenters. The predicted octanol–water partition coefficient (Wildman–Crippen LogP) is 4.00. The lowest BCUT2D eigenvalue weighted by Gasteiger charge is -2.24. The average molecular weight is 275 g/mol. The van der Waals surface area contributed by atoms with Gasteiger partial charge in [0.25, 0.3) is 0 Å². The quantitative estimate of drug-likeness (QED) is 0.913. The van der Waals surface area contributed by atoms with Gasteiger partial charge in [-0.15, -0.1) is 0 Å². The summed E-state index contributed by atoms with van der Waals surface area (Å²) < 4.78 is 0. The van der Waals surface area contributed by atoms with Crippen molar-refractivity contribution in [1.82, 2.24) is 0 Å². The maximum Gasteiger partial charge on any atom is 0.0459 e. The third-order valence-corrected chi connectivity index (χ3v) is 3.48. The van der Waals surface area contributed by atoms with E-state index < -0.39 is 0 Å². The van der Waals surface area contributed by atoms with Crippen molar-refractivity contribution in [2.45, 2.75) is 19.4 Å². The second-order valence-electron chi connectivity index (χ2n) is 4.81. The Kier molecular flexibility index (Phi) is 4.46. The highest BCUT2D eigenvalue weighted by Crippen LogP contribution is 2.32. The Morgan fingerprint density at radius 2 is 1.79 bits per heavy atom. The molecular formula is C16H19ClN2. The molecule has 2 nitrogen and oxygen atoms in total. The predicted molar refractivity (Wildman–Crippen MR) is 83.3 cm³/mol. The molecule has 0 fully saturated rings. The van der Waals surface area contributed by atoms with Gasteiger partial charge in [-0.3, -0.25) is 0 Å². The molecule has 3 heteroatoms. The first kappa shape index (κ1) is 13.9. The molecule has 0 saturated carbocycles. The summed E-state index contributed by atoms with van der Waals surface area (Å²) in [6, 6.07) is 16.3. The summed E-state index contributed by atoms with van der Waals surface area (Å²) in [5.74, 6) is 0. The van der Waals surface area contributed by atoms with Gasteiger partial charge in [-0.2, -0.15) is 0 Å². The molecule has 0 bridgehead atoms. The number of hydrogen-bond donors (Lipinski definition) is 1. The van der Waals surface area contributed by atoms with E-state index in [1.807, 2.05) is 44.3 Å². The third-order valence-electron chi connectivity index (χ3n) is 3.13. The molecule has 0 aliphatic rings. The number of nitrogens with zero attached hydrogens (tertiary/aromatic N) is 1. The van der Waals surface area contributed by atoms with Gasteiger partial charge in [0.2, 0.25) is 0 Å². The van der Waals surface area contributed by atoms with Crippen molar-refractivity contribution in [3.05, 3.63) is 59.1 Å². The Hall–Kier alpha value is -1.51. The molecule has 0 radical (unpaired) electrons. The van der Waals surface area contributed by atoms with E-state index in [0.717, 1.165) is 28.4 Å². The van der Waals surface area contributed by atoms with Crippen molar-refractivity contribution < 1.29 is 0 Å². The first-order valence-electron chi connectivity index (χ1n) is 6.41. The van der Waals surface area contributed by atoms with Crippen LogP contribution in [0.1, 0.15) is 12.5 Å². The number of halogens is 1. The number of benzene rings is 2. The van der Waals surface area contributed by atoms with Crippen LogP contribution >= 0.6 is 11.6 Å². The van der Waals surface area contributed by atoms with Gasteiger partial charge in [-0.1, -0.05) is 35.9 Å². The molecule has 0 spiro atoms. The van der Waals surface area contributed by atoms with Gasteiger partial charge in [0.05, 0.1) is 0 Å².